The zero-order valence-electron chi connectivity index (χ0n) is 12.4. The monoisotopic (exact) mass is 269 g/mol. The molecule has 2 aliphatic rings. The largest absolute Gasteiger partial charge is 0.356 e. The van der Waals surface area contributed by atoms with E-state index in [1.54, 1.807) is 0 Å². The molecule has 0 aliphatic heterocycles. The molecule has 0 saturated heterocycles. The highest BCUT2D eigenvalue weighted by atomic mass is 15.2. The second kappa shape index (κ2) is 5.83. The highest BCUT2D eigenvalue weighted by Gasteiger charge is 2.23. The molecular formula is C17H23N3. The maximum Gasteiger partial charge on any atom is 0.146 e. The van der Waals surface area contributed by atoms with Crippen LogP contribution in [-0.2, 0) is 12.8 Å². The number of nitrogens with zero attached hydrogens (tertiary/aromatic N) is 3. The van der Waals surface area contributed by atoms with Crippen LogP contribution >= 0.6 is 0 Å². The van der Waals surface area contributed by atoms with Gasteiger partial charge in [-0.2, -0.15) is 5.26 Å². The Morgan fingerprint density at radius 3 is 2.65 bits per heavy atom. The van der Waals surface area contributed by atoms with E-state index in [2.05, 4.69) is 24.1 Å². The highest BCUT2D eigenvalue weighted by molar-refractivity contribution is 5.56. The predicted octanol–water partition coefficient (Wildman–Crippen LogP) is 3.60. The standard InChI is InChI=1S/C17H23N3/c1-20(15-8-3-2-4-9-15)17-14(12-18)11-13-7-5-6-10-16(13)19-17/h11,15H,2-10H2,1H3. The number of nitriles is 1. The molecular weight excluding hydrogens is 246 g/mol. The number of pyridine rings is 1. The molecule has 106 valence electrons. The molecule has 0 N–H and O–H groups in total. The van der Waals surface area contributed by atoms with E-state index in [4.69, 9.17) is 4.98 Å². The lowest BCUT2D eigenvalue weighted by atomic mass is 9.93. The summed E-state index contributed by atoms with van der Waals surface area (Å²) in [6.45, 7) is 0. The molecule has 3 rings (SSSR count). The highest BCUT2D eigenvalue weighted by Crippen LogP contribution is 2.30. The van der Waals surface area contributed by atoms with E-state index >= 15 is 0 Å². The van der Waals surface area contributed by atoms with Crippen LogP contribution in [0, 0.1) is 11.3 Å². The van der Waals surface area contributed by atoms with Crippen molar-refractivity contribution in [2.24, 2.45) is 0 Å². The quantitative estimate of drug-likeness (QED) is 0.823. The van der Waals surface area contributed by atoms with Gasteiger partial charge in [-0.05, 0) is 50.2 Å². The first-order chi connectivity index (χ1) is 9.79. The van der Waals surface area contributed by atoms with Gasteiger partial charge in [-0.25, -0.2) is 4.98 Å². The molecule has 1 fully saturated rings. The average molecular weight is 269 g/mol. The minimum absolute atomic E-state index is 0.560. The number of fused-ring (bicyclic) bond motifs is 1. The third-order valence-electron chi connectivity index (χ3n) is 4.86. The molecule has 3 heteroatoms. The van der Waals surface area contributed by atoms with Gasteiger partial charge in [-0.1, -0.05) is 19.3 Å². The molecule has 3 nitrogen and oxygen atoms in total. The molecule has 0 spiro atoms. The molecule has 0 bridgehead atoms. The molecule has 0 unspecified atom stereocenters. The van der Waals surface area contributed by atoms with E-state index < -0.39 is 0 Å². The minimum atomic E-state index is 0.560. The Balaban J connectivity index is 1.93. The third kappa shape index (κ3) is 2.52. The third-order valence-corrected chi connectivity index (χ3v) is 4.86. The summed E-state index contributed by atoms with van der Waals surface area (Å²) >= 11 is 0. The Labute approximate surface area is 121 Å². The van der Waals surface area contributed by atoms with E-state index in [0.717, 1.165) is 24.2 Å². The van der Waals surface area contributed by atoms with Crippen molar-refractivity contribution in [3.05, 3.63) is 22.9 Å². The molecule has 2 aliphatic carbocycles. The fourth-order valence-corrected chi connectivity index (χ4v) is 3.62. The van der Waals surface area contributed by atoms with Gasteiger partial charge >= 0.3 is 0 Å². The molecule has 1 heterocycles. The summed E-state index contributed by atoms with van der Waals surface area (Å²) in [6, 6.07) is 5.02. The number of aryl methyl sites for hydroxylation is 2. The molecule has 1 saturated carbocycles. The van der Waals surface area contributed by atoms with Crippen LogP contribution < -0.4 is 4.90 Å². The Hall–Kier alpha value is -1.56. The number of anilines is 1. The molecule has 1 aromatic rings. The number of hydrogen-bond donors (Lipinski definition) is 0. The topological polar surface area (TPSA) is 39.9 Å². The molecule has 0 aromatic carbocycles. The van der Waals surface area contributed by atoms with Crippen molar-refractivity contribution in [1.82, 2.24) is 4.98 Å². The van der Waals surface area contributed by atoms with Crippen LogP contribution in [0.25, 0.3) is 0 Å². The van der Waals surface area contributed by atoms with Crippen LogP contribution in [0.3, 0.4) is 0 Å². The number of rotatable bonds is 2. The van der Waals surface area contributed by atoms with Gasteiger partial charge in [0.1, 0.15) is 11.9 Å². The lowest BCUT2D eigenvalue weighted by Gasteiger charge is -2.33. The van der Waals surface area contributed by atoms with Crippen molar-refractivity contribution in [2.75, 3.05) is 11.9 Å². The van der Waals surface area contributed by atoms with E-state index in [0.29, 0.717) is 6.04 Å². The van der Waals surface area contributed by atoms with Gasteiger partial charge in [0.05, 0.1) is 5.56 Å². The summed E-state index contributed by atoms with van der Waals surface area (Å²) in [5.41, 5.74) is 3.29. The van der Waals surface area contributed by atoms with Crippen LogP contribution in [0.1, 0.15) is 61.8 Å². The SMILES string of the molecule is CN(c1nc2c(cc1C#N)CCCC2)C1CCCCC1. The molecule has 20 heavy (non-hydrogen) atoms. The van der Waals surface area contributed by atoms with Gasteiger partial charge in [0.25, 0.3) is 0 Å². The Bertz CT molecular complexity index is 524. The van der Waals surface area contributed by atoms with Crippen LogP contribution in [-0.4, -0.2) is 18.1 Å². The fraction of sp³-hybridized carbons (Fsp3) is 0.647. The molecule has 0 amide bonds. The van der Waals surface area contributed by atoms with Gasteiger partial charge in [0.2, 0.25) is 0 Å². The Kier molecular flexibility index (Phi) is 3.91. The zero-order valence-corrected chi connectivity index (χ0v) is 12.4. The van der Waals surface area contributed by atoms with Gasteiger partial charge in [0.15, 0.2) is 0 Å². The Morgan fingerprint density at radius 1 is 1.15 bits per heavy atom. The summed E-state index contributed by atoms with van der Waals surface area (Å²) in [7, 11) is 2.12. The van der Waals surface area contributed by atoms with Gasteiger partial charge in [-0.3, -0.25) is 0 Å². The lowest BCUT2D eigenvalue weighted by molar-refractivity contribution is 0.425. The maximum absolute atomic E-state index is 9.45. The van der Waals surface area contributed by atoms with Crippen LogP contribution in [0.4, 0.5) is 5.82 Å². The van der Waals surface area contributed by atoms with Crippen molar-refractivity contribution in [3.8, 4) is 6.07 Å². The van der Waals surface area contributed by atoms with Crippen molar-refractivity contribution >= 4 is 5.82 Å². The summed E-state index contributed by atoms with van der Waals surface area (Å²) in [5.74, 6) is 0.917. The molecule has 1 aromatic heterocycles. The zero-order chi connectivity index (χ0) is 13.9. The van der Waals surface area contributed by atoms with Crippen LogP contribution in [0.2, 0.25) is 0 Å². The predicted molar refractivity (Wildman–Crippen MR) is 80.9 cm³/mol. The average Bonchev–Trinajstić information content (AvgIpc) is 2.53. The fourth-order valence-electron chi connectivity index (χ4n) is 3.62. The molecule has 0 radical (unpaired) electrons. The van der Waals surface area contributed by atoms with Crippen LogP contribution in [0.5, 0.6) is 0 Å². The van der Waals surface area contributed by atoms with Crippen molar-refractivity contribution in [1.29, 1.82) is 5.26 Å². The Morgan fingerprint density at radius 2 is 1.90 bits per heavy atom. The van der Waals surface area contributed by atoms with Crippen LogP contribution in [0.15, 0.2) is 6.07 Å². The van der Waals surface area contributed by atoms with E-state index in [1.165, 1.54) is 56.2 Å². The maximum atomic E-state index is 9.45. The van der Waals surface area contributed by atoms with Gasteiger partial charge < -0.3 is 4.90 Å². The second-order valence-corrected chi connectivity index (χ2v) is 6.19. The normalized spacial score (nSPS) is 19.2. The van der Waals surface area contributed by atoms with E-state index in [-0.39, 0.29) is 0 Å². The smallest absolute Gasteiger partial charge is 0.146 e. The summed E-state index contributed by atoms with van der Waals surface area (Å²) in [6.07, 6.45) is 11.1. The lowest BCUT2D eigenvalue weighted by Crippen LogP contribution is -2.34. The molecule has 0 atom stereocenters. The first-order valence-electron chi connectivity index (χ1n) is 7.95. The summed E-state index contributed by atoms with van der Waals surface area (Å²) in [5, 5.41) is 9.45. The number of hydrogen-bond acceptors (Lipinski definition) is 3. The van der Waals surface area contributed by atoms with Gasteiger partial charge in [-0.15, -0.1) is 0 Å². The summed E-state index contributed by atoms with van der Waals surface area (Å²) < 4.78 is 0. The van der Waals surface area contributed by atoms with Crippen molar-refractivity contribution in [3.63, 3.8) is 0 Å². The van der Waals surface area contributed by atoms with E-state index in [9.17, 15) is 5.26 Å². The second-order valence-electron chi connectivity index (χ2n) is 6.19. The van der Waals surface area contributed by atoms with Crippen molar-refractivity contribution < 1.29 is 0 Å². The van der Waals surface area contributed by atoms with Gasteiger partial charge in [0, 0.05) is 18.8 Å². The minimum Gasteiger partial charge on any atom is -0.356 e. The summed E-state index contributed by atoms with van der Waals surface area (Å²) in [4.78, 5) is 7.13. The first kappa shape index (κ1) is 13.4. The number of aromatic nitrogens is 1. The first-order valence-corrected chi connectivity index (χ1v) is 7.95. The van der Waals surface area contributed by atoms with E-state index in [1.807, 2.05) is 0 Å². The van der Waals surface area contributed by atoms with Crippen molar-refractivity contribution in [2.45, 2.75) is 63.8 Å².